The fraction of sp³-hybridized carbons (Fsp3) is 0.500. The van der Waals surface area contributed by atoms with Gasteiger partial charge in [-0.05, 0) is 24.5 Å². The van der Waals surface area contributed by atoms with Crippen molar-refractivity contribution in [2.75, 3.05) is 5.88 Å². The van der Waals surface area contributed by atoms with Gasteiger partial charge in [-0.25, -0.2) is 0 Å². The maximum atomic E-state index is 12.1. The van der Waals surface area contributed by atoms with Crippen molar-refractivity contribution in [3.8, 4) is 5.75 Å². The van der Waals surface area contributed by atoms with Crippen LogP contribution in [0.3, 0.4) is 0 Å². The molecule has 1 aliphatic rings. The van der Waals surface area contributed by atoms with Gasteiger partial charge in [0.15, 0.2) is 6.10 Å². The Bertz CT molecular complexity index is 411. The van der Waals surface area contributed by atoms with Crippen LogP contribution in [-0.2, 0) is 11.2 Å². The Balaban J connectivity index is 1.93. The summed E-state index contributed by atoms with van der Waals surface area (Å²) in [5, 5.41) is 2.96. The second-order valence-electron chi connectivity index (χ2n) is 4.85. The van der Waals surface area contributed by atoms with E-state index in [0.717, 1.165) is 11.3 Å². The highest BCUT2D eigenvalue weighted by atomic mass is 35.5. The van der Waals surface area contributed by atoms with Gasteiger partial charge < -0.3 is 10.1 Å². The summed E-state index contributed by atoms with van der Waals surface area (Å²) < 4.78 is 5.64. The maximum absolute atomic E-state index is 12.1. The minimum atomic E-state index is -0.410. The van der Waals surface area contributed by atoms with Gasteiger partial charge in [-0.3, -0.25) is 4.79 Å². The molecule has 1 aromatic rings. The summed E-state index contributed by atoms with van der Waals surface area (Å²) >= 11 is 5.78. The van der Waals surface area contributed by atoms with Crippen molar-refractivity contribution in [1.82, 2.24) is 5.32 Å². The molecule has 3 unspecified atom stereocenters. The summed E-state index contributed by atoms with van der Waals surface area (Å²) in [4.78, 5) is 12.1. The minimum absolute atomic E-state index is 0.0577. The lowest BCUT2D eigenvalue weighted by molar-refractivity contribution is -0.128. The number of hydrogen-bond donors (Lipinski definition) is 1. The Morgan fingerprint density at radius 2 is 2.22 bits per heavy atom. The molecule has 2 rings (SSSR count). The molecular formula is C14H18ClNO2. The highest BCUT2D eigenvalue weighted by Gasteiger charge is 2.29. The molecule has 18 heavy (non-hydrogen) atoms. The number of carbonyl (C=O) groups is 1. The first-order valence-corrected chi connectivity index (χ1v) is 6.76. The van der Waals surface area contributed by atoms with Crippen molar-refractivity contribution in [1.29, 1.82) is 0 Å². The molecule has 1 amide bonds. The number of amides is 1. The monoisotopic (exact) mass is 267 g/mol. The van der Waals surface area contributed by atoms with Gasteiger partial charge in [-0.1, -0.05) is 25.1 Å². The first-order chi connectivity index (χ1) is 8.61. The van der Waals surface area contributed by atoms with Crippen LogP contribution in [0.4, 0.5) is 0 Å². The molecular weight excluding hydrogens is 250 g/mol. The van der Waals surface area contributed by atoms with Crippen LogP contribution < -0.4 is 10.1 Å². The molecule has 0 radical (unpaired) electrons. The number of nitrogens with one attached hydrogen (secondary N) is 1. The standard InChI is InChI=1S/C14H18ClNO2/c1-9(8-15)10(2)16-14(17)13-7-11-5-3-4-6-12(11)18-13/h3-6,9-10,13H,7-8H2,1-2H3,(H,16,17). The second kappa shape index (κ2) is 5.61. The van der Waals surface area contributed by atoms with Crippen molar-refractivity contribution in [2.45, 2.75) is 32.4 Å². The normalized spacial score (nSPS) is 20.7. The van der Waals surface area contributed by atoms with Gasteiger partial charge >= 0.3 is 0 Å². The SMILES string of the molecule is CC(CCl)C(C)NC(=O)C1Cc2ccccc2O1. The molecule has 0 spiro atoms. The zero-order chi connectivity index (χ0) is 13.1. The van der Waals surface area contributed by atoms with Gasteiger partial charge in [0, 0.05) is 18.3 Å². The first-order valence-electron chi connectivity index (χ1n) is 6.22. The smallest absolute Gasteiger partial charge is 0.261 e. The molecule has 0 bridgehead atoms. The average molecular weight is 268 g/mol. The predicted octanol–water partition coefficient (Wildman–Crippen LogP) is 2.37. The lowest BCUT2D eigenvalue weighted by Crippen LogP contribution is -2.44. The summed E-state index contributed by atoms with van der Waals surface area (Å²) in [6.07, 6.45) is 0.233. The minimum Gasteiger partial charge on any atom is -0.480 e. The third-order valence-electron chi connectivity index (χ3n) is 3.41. The summed E-state index contributed by atoms with van der Waals surface area (Å²) in [5.41, 5.74) is 1.09. The molecule has 3 atom stereocenters. The predicted molar refractivity (Wildman–Crippen MR) is 72.1 cm³/mol. The van der Waals surface area contributed by atoms with Crippen molar-refractivity contribution in [3.63, 3.8) is 0 Å². The average Bonchev–Trinajstić information content (AvgIpc) is 2.81. The van der Waals surface area contributed by atoms with E-state index in [1.54, 1.807) is 0 Å². The first kappa shape index (κ1) is 13.2. The van der Waals surface area contributed by atoms with E-state index in [2.05, 4.69) is 5.32 Å². The highest BCUT2D eigenvalue weighted by Crippen LogP contribution is 2.28. The molecule has 0 aliphatic carbocycles. The van der Waals surface area contributed by atoms with Crippen LogP contribution in [0.15, 0.2) is 24.3 Å². The summed E-state index contributed by atoms with van der Waals surface area (Å²) in [7, 11) is 0. The van der Waals surface area contributed by atoms with Gasteiger partial charge in [0.05, 0.1) is 0 Å². The molecule has 4 heteroatoms. The van der Waals surface area contributed by atoms with Crippen LogP contribution in [0, 0.1) is 5.92 Å². The number of fused-ring (bicyclic) bond motifs is 1. The molecule has 98 valence electrons. The number of hydrogen-bond acceptors (Lipinski definition) is 2. The molecule has 1 aromatic carbocycles. The third kappa shape index (κ3) is 2.78. The Morgan fingerprint density at radius 3 is 2.89 bits per heavy atom. The van der Waals surface area contributed by atoms with E-state index >= 15 is 0 Å². The fourth-order valence-electron chi connectivity index (χ4n) is 1.92. The Morgan fingerprint density at radius 1 is 1.50 bits per heavy atom. The van der Waals surface area contributed by atoms with Crippen molar-refractivity contribution in [2.24, 2.45) is 5.92 Å². The third-order valence-corrected chi connectivity index (χ3v) is 3.89. The van der Waals surface area contributed by atoms with E-state index < -0.39 is 6.10 Å². The number of halogens is 1. The van der Waals surface area contributed by atoms with Crippen LogP contribution in [0.5, 0.6) is 5.75 Å². The quantitative estimate of drug-likeness (QED) is 0.851. The summed E-state index contributed by atoms with van der Waals surface area (Å²) in [6.45, 7) is 3.98. The van der Waals surface area contributed by atoms with Crippen LogP contribution >= 0.6 is 11.6 Å². The number of rotatable bonds is 4. The number of ether oxygens (including phenoxy) is 1. The van der Waals surface area contributed by atoms with Crippen LogP contribution in [0.1, 0.15) is 19.4 Å². The summed E-state index contributed by atoms with van der Waals surface area (Å²) in [5.74, 6) is 1.54. The molecule has 1 N–H and O–H groups in total. The largest absolute Gasteiger partial charge is 0.480 e. The Hall–Kier alpha value is -1.22. The van der Waals surface area contributed by atoms with Crippen LogP contribution in [0.25, 0.3) is 0 Å². The van der Waals surface area contributed by atoms with Gasteiger partial charge in [0.2, 0.25) is 0 Å². The van der Waals surface area contributed by atoms with E-state index in [9.17, 15) is 4.79 Å². The van der Waals surface area contributed by atoms with E-state index in [1.165, 1.54) is 0 Å². The topological polar surface area (TPSA) is 38.3 Å². The lowest BCUT2D eigenvalue weighted by atomic mass is 10.1. The van der Waals surface area contributed by atoms with Crippen LogP contribution in [0.2, 0.25) is 0 Å². The number of benzene rings is 1. The van der Waals surface area contributed by atoms with E-state index in [4.69, 9.17) is 16.3 Å². The summed E-state index contributed by atoms with van der Waals surface area (Å²) in [6, 6.07) is 7.82. The highest BCUT2D eigenvalue weighted by molar-refractivity contribution is 6.18. The molecule has 0 aromatic heterocycles. The van der Waals surface area contributed by atoms with Gasteiger partial charge in [-0.15, -0.1) is 11.6 Å². The van der Waals surface area contributed by atoms with E-state index in [-0.39, 0.29) is 17.9 Å². The number of carbonyl (C=O) groups excluding carboxylic acids is 1. The van der Waals surface area contributed by atoms with E-state index in [1.807, 2.05) is 38.1 Å². The molecule has 1 aliphatic heterocycles. The number of para-hydroxylation sites is 1. The van der Waals surface area contributed by atoms with E-state index in [0.29, 0.717) is 12.3 Å². The second-order valence-corrected chi connectivity index (χ2v) is 5.16. The van der Waals surface area contributed by atoms with Crippen molar-refractivity contribution < 1.29 is 9.53 Å². The molecule has 3 nitrogen and oxygen atoms in total. The van der Waals surface area contributed by atoms with Gasteiger partial charge in [0.25, 0.3) is 5.91 Å². The van der Waals surface area contributed by atoms with Crippen molar-refractivity contribution in [3.05, 3.63) is 29.8 Å². The lowest BCUT2D eigenvalue weighted by Gasteiger charge is -2.21. The van der Waals surface area contributed by atoms with Gasteiger partial charge in [-0.2, -0.15) is 0 Å². The van der Waals surface area contributed by atoms with Crippen LogP contribution in [-0.4, -0.2) is 23.9 Å². The number of alkyl halides is 1. The molecule has 0 saturated carbocycles. The fourth-order valence-corrected chi connectivity index (χ4v) is 2.19. The molecule has 0 fully saturated rings. The Labute approximate surface area is 112 Å². The maximum Gasteiger partial charge on any atom is 0.261 e. The zero-order valence-corrected chi connectivity index (χ0v) is 11.4. The molecule has 0 saturated heterocycles. The molecule has 1 heterocycles. The Kier molecular flexibility index (Phi) is 4.12. The van der Waals surface area contributed by atoms with Gasteiger partial charge in [0.1, 0.15) is 5.75 Å². The zero-order valence-electron chi connectivity index (χ0n) is 10.7. The van der Waals surface area contributed by atoms with Crippen molar-refractivity contribution >= 4 is 17.5 Å².